The van der Waals surface area contributed by atoms with Crippen LogP contribution in [0.5, 0.6) is 17.2 Å². The molecular weight excluding hydrogens is 468 g/mol. The Morgan fingerprint density at radius 1 is 0.829 bits per heavy atom. The van der Waals surface area contributed by atoms with Crippen molar-refractivity contribution in [2.45, 2.75) is 0 Å². The number of fused-ring (bicyclic) bond motifs is 3. The number of methoxy groups -OCH3 is 3. The molecule has 5 rings (SSSR count). The van der Waals surface area contributed by atoms with Crippen molar-refractivity contribution in [1.29, 1.82) is 0 Å². The van der Waals surface area contributed by atoms with Crippen molar-refractivity contribution in [3.05, 3.63) is 57.7 Å². The van der Waals surface area contributed by atoms with Crippen LogP contribution in [-0.2, 0) is 0 Å². The Morgan fingerprint density at radius 3 is 2.14 bits per heavy atom. The number of anilines is 1. The maximum absolute atomic E-state index is 13.3. The molecule has 1 aliphatic rings. The van der Waals surface area contributed by atoms with Gasteiger partial charge in [-0.3, -0.25) is 4.79 Å². The Labute approximate surface area is 208 Å². The molecule has 1 fully saturated rings. The molecule has 1 aliphatic heterocycles. The summed E-state index contributed by atoms with van der Waals surface area (Å²) in [5, 5.41) is 2.26. The van der Waals surface area contributed by atoms with E-state index in [1.54, 1.807) is 39.5 Å². The number of rotatable bonds is 5. The molecule has 8 heteroatoms. The molecular formula is C27H27ClN2O5. The minimum atomic E-state index is -0.188. The van der Waals surface area contributed by atoms with E-state index in [0.717, 1.165) is 37.4 Å². The number of hydrogen-bond acceptors (Lipinski definition) is 7. The van der Waals surface area contributed by atoms with Crippen LogP contribution in [0, 0.1) is 0 Å². The SMILES string of the molecule is COc1ccc(OC)c2c1c(OC)cc1c(=O)cc(-c3cc(Cl)cc(N4CCN(C)CC4)c3)oc12. The molecule has 4 aromatic rings. The van der Waals surface area contributed by atoms with Gasteiger partial charge in [-0.15, -0.1) is 0 Å². The Kier molecular flexibility index (Phi) is 6.21. The Morgan fingerprint density at radius 2 is 1.49 bits per heavy atom. The first-order valence-electron chi connectivity index (χ1n) is 11.4. The van der Waals surface area contributed by atoms with Crippen LogP contribution in [0.15, 0.2) is 51.7 Å². The molecule has 0 bridgehead atoms. The van der Waals surface area contributed by atoms with E-state index in [-0.39, 0.29) is 5.43 Å². The second-order valence-electron chi connectivity index (χ2n) is 8.64. The fraction of sp³-hybridized carbons (Fsp3) is 0.296. The zero-order valence-electron chi connectivity index (χ0n) is 20.2. The maximum atomic E-state index is 13.3. The summed E-state index contributed by atoms with van der Waals surface area (Å²) in [4.78, 5) is 17.9. The molecule has 3 aromatic carbocycles. The monoisotopic (exact) mass is 494 g/mol. The van der Waals surface area contributed by atoms with E-state index in [0.29, 0.717) is 49.8 Å². The van der Waals surface area contributed by atoms with Crippen molar-refractivity contribution < 1.29 is 18.6 Å². The topological polar surface area (TPSA) is 64.4 Å². The molecule has 0 saturated carbocycles. The molecule has 2 heterocycles. The van der Waals surface area contributed by atoms with Gasteiger partial charge < -0.3 is 28.4 Å². The van der Waals surface area contributed by atoms with Crippen LogP contribution in [0.25, 0.3) is 33.1 Å². The summed E-state index contributed by atoms with van der Waals surface area (Å²) in [6, 6.07) is 12.6. The fourth-order valence-electron chi connectivity index (χ4n) is 4.67. The van der Waals surface area contributed by atoms with Gasteiger partial charge in [0.15, 0.2) is 11.0 Å². The quantitative estimate of drug-likeness (QED) is 0.360. The van der Waals surface area contributed by atoms with Gasteiger partial charge in [0.05, 0.1) is 37.5 Å². The third kappa shape index (κ3) is 4.15. The number of likely N-dealkylation sites (N-methyl/N-ethyl adjacent to an activating group) is 1. The van der Waals surface area contributed by atoms with Gasteiger partial charge in [-0.25, -0.2) is 0 Å². The smallest absolute Gasteiger partial charge is 0.193 e. The van der Waals surface area contributed by atoms with Gasteiger partial charge in [-0.05, 0) is 43.4 Å². The lowest BCUT2D eigenvalue weighted by molar-refractivity contribution is 0.313. The summed E-state index contributed by atoms with van der Waals surface area (Å²) in [5.74, 6) is 2.07. The van der Waals surface area contributed by atoms with E-state index in [1.165, 1.54) is 6.07 Å². The van der Waals surface area contributed by atoms with Gasteiger partial charge in [0.2, 0.25) is 0 Å². The van der Waals surface area contributed by atoms with Gasteiger partial charge in [-0.2, -0.15) is 0 Å². The van der Waals surface area contributed by atoms with Gasteiger partial charge in [0.25, 0.3) is 0 Å². The molecule has 1 aromatic heterocycles. The molecule has 0 amide bonds. The van der Waals surface area contributed by atoms with Crippen LogP contribution < -0.4 is 24.5 Å². The van der Waals surface area contributed by atoms with Gasteiger partial charge in [0, 0.05) is 48.5 Å². The van der Waals surface area contributed by atoms with E-state index in [1.807, 2.05) is 18.2 Å². The van der Waals surface area contributed by atoms with Crippen LogP contribution in [0.4, 0.5) is 5.69 Å². The Bertz CT molecular complexity index is 1470. The maximum Gasteiger partial charge on any atom is 0.193 e. The van der Waals surface area contributed by atoms with Crippen LogP contribution >= 0.6 is 11.6 Å². The van der Waals surface area contributed by atoms with E-state index in [9.17, 15) is 4.79 Å². The molecule has 0 N–H and O–H groups in total. The summed E-state index contributed by atoms with van der Waals surface area (Å²) in [5.41, 5.74) is 1.95. The van der Waals surface area contributed by atoms with Gasteiger partial charge in [0.1, 0.15) is 23.0 Å². The summed E-state index contributed by atoms with van der Waals surface area (Å²) < 4.78 is 23.3. The lowest BCUT2D eigenvalue weighted by atomic mass is 10.0. The number of halogens is 1. The Balaban J connectivity index is 1.75. The lowest BCUT2D eigenvalue weighted by Gasteiger charge is -2.34. The van der Waals surface area contributed by atoms with Crippen LogP contribution in [-0.4, -0.2) is 59.5 Å². The number of ether oxygens (including phenoxy) is 3. The second kappa shape index (κ2) is 9.32. The first-order valence-corrected chi connectivity index (χ1v) is 11.7. The van der Waals surface area contributed by atoms with Crippen molar-refractivity contribution in [1.82, 2.24) is 4.90 Å². The molecule has 35 heavy (non-hydrogen) atoms. The van der Waals surface area contributed by atoms with E-state index < -0.39 is 0 Å². The summed E-state index contributed by atoms with van der Waals surface area (Å²) in [7, 11) is 6.84. The van der Waals surface area contributed by atoms with E-state index in [4.69, 9.17) is 30.2 Å². The molecule has 0 unspecified atom stereocenters. The van der Waals surface area contributed by atoms with E-state index >= 15 is 0 Å². The highest BCUT2D eigenvalue weighted by Gasteiger charge is 2.21. The minimum Gasteiger partial charge on any atom is -0.496 e. The van der Waals surface area contributed by atoms with Crippen molar-refractivity contribution in [2.24, 2.45) is 0 Å². The molecule has 1 saturated heterocycles. The molecule has 7 nitrogen and oxygen atoms in total. The predicted octanol–water partition coefficient (Wildman–Crippen LogP) is 5.04. The highest BCUT2D eigenvalue weighted by Crippen LogP contribution is 2.44. The molecule has 0 radical (unpaired) electrons. The third-order valence-electron chi connectivity index (χ3n) is 6.56. The standard InChI is InChI=1S/C27H27ClN2O5/c1-29-7-9-30(10-8-29)18-12-16(11-17(28)13-18)23-15-20(31)19-14-24(34-4)25-21(32-2)5-6-22(33-3)26(25)27(19)35-23/h5-6,11-15H,7-10H2,1-4H3. The van der Waals surface area contributed by atoms with Gasteiger partial charge in [-0.1, -0.05) is 11.6 Å². The van der Waals surface area contributed by atoms with Crippen molar-refractivity contribution in [3.63, 3.8) is 0 Å². The fourth-order valence-corrected chi connectivity index (χ4v) is 4.90. The normalized spacial score (nSPS) is 14.5. The van der Waals surface area contributed by atoms with Crippen LogP contribution in [0.2, 0.25) is 5.02 Å². The second-order valence-corrected chi connectivity index (χ2v) is 9.08. The summed E-state index contributed by atoms with van der Waals surface area (Å²) >= 11 is 6.52. The summed E-state index contributed by atoms with van der Waals surface area (Å²) in [6.07, 6.45) is 0. The Hall–Kier alpha value is -3.42. The first-order chi connectivity index (χ1) is 16.9. The van der Waals surface area contributed by atoms with E-state index in [2.05, 4.69) is 16.8 Å². The lowest BCUT2D eigenvalue weighted by Crippen LogP contribution is -2.44. The highest BCUT2D eigenvalue weighted by molar-refractivity contribution is 6.31. The third-order valence-corrected chi connectivity index (χ3v) is 6.78. The number of piperazine rings is 1. The van der Waals surface area contributed by atoms with Crippen LogP contribution in [0.3, 0.4) is 0 Å². The summed E-state index contributed by atoms with van der Waals surface area (Å²) in [6.45, 7) is 3.75. The first kappa shape index (κ1) is 23.3. The molecule has 0 spiro atoms. The highest BCUT2D eigenvalue weighted by atomic mass is 35.5. The number of hydrogen-bond donors (Lipinski definition) is 0. The minimum absolute atomic E-state index is 0.188. The molecule has 182 valence electrons. The molecule has 0 atom stereocenters. The average molecular weight is 495 g/mol. The zero-order chi connectivity index (χ0) is 24.7. The number of benzene rings is 3. The number of nitrogens with zero attached hydrogens (tertiary/aromatic N) is 2. The van der Waals surface area contributed by atoms with Crippen molar-refractivity contribution in [3.8, 4) is 28.6 Å². The molecule has 0 aliphatic carbocycles. The average Bonchev–Trinajstić information content (AvgIpc) is 2.87. The zero-order valence-corrected chi connectivity index (χ0v) is 20.9. The van der Waals surface area contributed by atoms with Crippen molar-refractivity contribution >= 4 is 39.0 Å². The van der Waals surface area contributed by atoms with Gasteiger partial charge >= 0.3 is 0 Å². The van der Waals surface area contributed by atoms with Crippen molar-refractivity contribution in [2.75, 3.05) is 59.5 Å². The largest absolute Gasteiger partial charge is 0.496 e. The van der Waals surface area contributed by atoms with Crippen LogP contribution in [0.1, 0.15) is 0 Å². The predicted molar refractivity (Wildman–Crippen MR) is 140 cm³/mol.